The Labute approximate surface area is 205 Å². The van der Waals surface area contributed by atoms with E-state index in [-0.39, 0.29) is 21.3 Å². The number of halogens is 6. The second-order valence-electron chi connectivity index (χ2n) is 7.11. The molecule has 0 aliphatic carbocycles. The van der Waals surface area contributed by atoms with Gasteiger partial charge in [-0.1, -0.05) is 29.3 Å². The molecule has 1 heterocycles. The Balaban J connectivity index is 2.05. The van der Waals surface area contributed by atoms with Gasteiger partial charge in [-0.05, 0) is 36.4 Å². The van der Waals surface area contributed by atoms with Crippen LogP contribution in [0.15, 0.2) is 53.5 Å². The smallest absolute Gasteiger partial charge is 0.394 e. The highest BCUT2D eigenvalue weighted by Crippen LogP contribution is 2.31. The van der Waals surface area contributed by atoms with E-state index in [0.717, 1.165) is 12.1 Å². The molecule has 1 aromatic heterocycles. The highest BCUT2D eigenvalue weighted by atomic mass is 35.5. The van der Waals surface area contributed by atoms with Gasteiger partial charge < -0.3 is 15.5 Å². The number of guanidine groups is 1. The van der Waals surface area contributed by atoms with Gasteiger partial charge in [0.2, 0.25) is 5.96 Å². The molecule has 0 spiro atoms. The highest BCUT2D eigenvalue weighted by molar-refractivity contribution is 6.31. The van der Waals surface area contributed by atoms with Gasteiger partial charge in [0, 0.05) is 27.4 Å². The molecule has 14 heteroatoms. The molecule has 3 rings (SSSR count). The average Bonchev–Trinajstić information content (AvgIpc) is 3.15. The maximum Gasteiger partial charge on any atom is 0.435 e. The van der Waals surface area contributed by atoms with Crippen molar-refractivity contribution in [2.75, 3.05) is 11.9 Å². The third-order valence-electron chi connectivity index (χ3n) is 4.31. The number of alkyl halides is 3. The predicted octanol–water partition coefficient (Wildman–Crippen LogP) is 4.23. The molecular formula is C21H17Cl2F4N5O3. The predicted molar refractivity (Wildman–Crippen MR) is 121 cm³/mol. The standard InChI is InChI=1S/C21H17Cl2F4N5O3/c22-12-3-1-2-11(4-12)19(35)30-20(28-15-6-13(23)5-14(24)7-15)29-18-8-17(21(25,26)27)31-32(18)9-16(34)10-33/h1-8,16,33-34H,9-10H2,(H2,28,29,30,35). The van der Waals surface area contributed by atoms with E-state index >= 15 is 0 Å². The summed E-state index contributed by atoms with van der Waals surface area (Å²) in [5.41, 5.74) is -1.20. The third-order valence-corrected chi connectivity index (χ3v) is 4.77. The average molecular weight is 534 g/mol. The molecule has 0 aliphatic heterocycles. The number of nitrogens with one attached hydrogen (secondary N) is 2. The van der Waals surface area contributed by atoms with Crippen LogP contribution in [0.2, 0.25) is 10.0 Å². The van der Waals surface area contributed by atoms with Gasteiger partial charge in [0.1, 0.15) is 5.82 Å². The lowest BCUT2D eigenvalue weighted by molar-refractivity contribution is -0.141. The second kappa shape index (κ2) is 11.0. The second-order valence-corrected chi connectivity index (χ2v) is 7.98. The van der Waals surface area contributed by atoms with Crippen molar-refractivity contribution in [2.45, 2.75) is 18.8 Å². The number of benzene rings is 2. The summed E-state index contributed by atoms with van der Waals surface area (Å²) in [6.45, 7) is -1.28. The van der Waals surface area contributed by atoms with Crippen molar-refractivity contribution in [2.24, 2.45) is 4.99 Å². The van der Waals surface area contributed by atoms with Crippen LogP contribution in [0.4, 0.5) is 29.1 Å². The van der Waals surface area contributed by atoms with Gasteiger partial charge in [-0.3, -0.25) is 10.1 Å². The lowest BCUT2D eigenvalue weighted by atomic mass is 10.2. The molecule has 0 fully saturated rings. The Morgan fingerprint density at radius 2 is 1.89 bits per heavy atom. The van der Waals surface area contributed by atoms with Crippen molar-refractivity contribution in [3.05, 3.63) is 75.7 Å². The maximum atomic E-state index is 13.8. The number of nitrogens with zero attached hydrogens (tertiary/aromatic N) is 3. The Morgan fingerprint density at radius 3 is 2.51 bits per heavy atom. The Hall–Kier alpha value is -3.19. The summed E-state index contributed by atoms with van der Waals surface area (Å²) in [4.78, 5) is 16.7. The number of hydrogen-bond acceptors (Lipinski definition) is 5. The Kier molecular flexibility index (Phi) is 8.33. The van der Waals surface area contributed by atoms with Crippen molar-refractivity contribution < 1.29 is 32.6 Å². The molecule has 35 heavy (non-hydrogen) atoms. The summed E-state index contributed by atoms with van der Waals surface area (Å²) in [6.07, 6.45) is -6.28. The quantitative estimate of drug-likeness (QED) is 0.215. The molecule has 2 aromatic carbocycles. The van der Waals surface area contributed by atoms with Crippen LogP contribution in [-0.2, 0) is 12.7 Å². The zero-order valence-electron chi connectivity index (χ0n) is 17.5. The molecule has 1 atom stereocenters. The number of aliphatic hydroxyl groups is 2. The fourth-order valence-electron chi connectivity index (χ4n) is 2.80. The molecule has 0 aliphatic rings. The zero-order chi connectivity index (χ0) is 25.8. The first-order valence-electron chi connectivity index (χ1n) is 9.77. The minimum absolute atomic E-state index is 0.00323. The van der Waals surface area contributed by atoms with Crippen LogP contribution in [0, 0.1) is 5.82 Å². The minimum Gasteiger partial charge on any atom is -0.394 e. The first kappa shape index (κ1) is 26.4. The number of aliphatic hydroxyl groups excluding tert-OH is 2. The zero-order valence-corrected chi connectivity index (χ0v) is 19.0. The van der Waals surface area contributed by atoms with Crippen LogP contribution in [0.5, 0.6) is 0 Å². The van der Waals surface area contributed by atoms with Gasteiger partial charge in [-0.2, -0.15) is 23.3 Å². The number of hydrogen-bond donors (Lipinski definition) is 4. The van der Waals surface area contributed by atoms with Crippen molar-refractivity contribution in [3.8, 4) is 0 Å². The van der Waals surface area contributed by atoms with Crippen LogP contribution in [0.3, 0.4) is 0 Å². The molecule has 8 nitrogen and oxygen atoms in total. The molecule has 3 aromatic rings. The van der Waals surface area contributed by atoms with E-state index in [9.17, 15) is 27.5 Å². The fraction of sp³-hybridized carbons (Fsp3) is 0.190. The molecule has 0 bridgehead atoms. The van der Waals surface area contributed by atoms with Crippen LogP contribution in [0.25, 0.3) is 0 Å². The first-order chi connectivity index (χ1) is 16.4. The summed E-state index contributed by atoms with van der Waals surface area (Å²) in [6, 6.07) is 9.73. The Bertz CT molecular complexity index is 1230. The van der Waals surface area contributed by atoms with Gasteiger partial charge in [-0.15, -0.1) is 0 Å². The summed E-state index contributed by atoms with van der Waals surface area (Å²) >= 11 is 11.8. The SMILES string of the molecule is O=C(NC(=Nc1cc(C(F)(F)F)nn1CC(O)CO)Nc1cc(F)cc(Cl)c1)c1cccc(Cl)c1. The van der Waals surface area contributed by atoms with E-state index in [1.165, 1.54) is 30.3 Å². The monoisotopic (exact) mass is 533 g/mol. The fourth-order valence-corrected chi connectivity index (χ4v) is 3.21. The van der Waals surface area contributed by atoms with Crippen LogP contribution >= 0.6 is 23.2 Å². The van der Waals surface area contributed by atoms with Gasteiger partial charge in [0.15, 0.2) is 11.5 Å². The molecule has 1 amide bonds. The first-order valence-corrected chi connectivity index (χ1v) is 10.5. The lowest BCUT2D eigenvalue weighted by Gasteiger charge is -2.13. The van der Waals surface area contributed by atoms with Crippen molar-refractivity contribution in [3.63, 3.8) is 0 Å². The minimum atomic E-state index is -4.84. The highest BCUT2D eigenvalue weighted by Gasteiger charge is 2.35. The topological polar surface area (TPSA) is 112 Å². The van der Waals surface area contributed by atoms with E-state index in [4.69, 9.17) is 28.3 Å². The normalized spacial score (nSPS) is 13.0. The van der Waals surface area contributed by atoms with E-state index in [2.05, 4.69) is 20.7 Å². The van der Waals surface area contributed by atoms with E-state index in [1.54, 1.807) is 0 Å². The molecular weight excluding hydrogens is 517 g/mol. The number of aliphatic imine (C=N–C) groups is 1. The van der Waals surface area contributed by atoms with Gasteiger partial charge in [0.25, 0.3) is 5.91 Å². The van der Waals surface area contributed by atoms with E-state index in [0.29, 0.717) is 10.7 Å². The van der Waals surface area contributed by atoms with Crippen LogP contribution in [0.1, 0.15) is 16.1 Å². The molecule has 1 unspecified atom stereocenters. The number of carbonyl (C=O) groups excluding carboxylic acids is 1. The van der Waals surface area contributed by atoms with E-state index in [1.807, 2.05) is 0 Å². The van der Waals surface area contributed by atoms with Crippen molar-refractivity contribution in [1.82, 2.24) is 15.1 Å². The van der Waals surface area contributed by atoms with Crippen molar-refractivity contribution >= 4 is 46.6 Å². The third kappa shape index (κ3) is 7.39. The van der Waals surface area contributed by atoms with Gasteiger partial charge in [0.05, 0.1) is 19.3 Å². The van der Waals surface area contributed by atoms with Crippen LogP contribution < -0.4 is 10.6 Å². The largest absolute Gasteiger partial charge is 0.435 e. The van der Waals surface area contributed by atoms with Crippen LogP contribution in [-0.4, -0.2) is 44.6 Å². The summed E-state index contributed by atoms with van der Waals surface area (Å²) < 4.78 is 54.3. The summed E-state index contributed by atoms with van der Waals surface area (Å²) in [5, 5.41) is 27.4. The molecule has 0 radical (unpaired) electrons. The number of amides is 1. The number of rotatable bonds is 6. The summed E-state index contributed by atoms with van der Waals surface area (Å²) in [7, 11) is 0. The summed E-state index contributed by atoms with van der Waals surface area (Å²) in [5.74, 6) is -2.30. The molecule has 186 valence electrons. The lowest BCUT2D eigenvalue weighted by Crippen LogP contribution is -2.36. The Morgan fingerprint density at radius 1 is 1.14 bits per heavy atom. The maximum absolute atomic E-state index is 13.8. The number of aromatic nitrogens is 2. The van der Waals surface area contributed by atoms with Crippen molar-refractivity contribution in [1.29, 1.82) is 0 Å². The van der Waals surface area contributed by atoms with Gasteiger partial charge in [-0.25, -0.2) is 9.07 Å². The van der Waals surface area contributed by atoms with Gasteiger partial charge >= 0.3 is 6.18 Å². The molecule has 0 saturated heterocycles. The van der Waals surface area contributed by atoms with E-state index < -0.39 is 54.6 Å². The number of anilines is 1. The molecule has 0 saturated carbocycles. The molecule has 4 N–H and O–H groups in total. The number of carbonyl (C=O) groups is 1.